The number of sulfonamides is 1. The number of amides is 1. The molecule has 0 saturated carbocycles. The van der Waals surface area contributed by atoms with Gasteiger partial charge in [-0.05, 0) is 60.9 Å². The van der Waals surface area contributed by atoms with E-state index in [4.69, 9.17) is 27.9 Å². The highest BCUT2D eigenvalue weighted by atomic mass is 35.5. The van der Waals surface area contributed by atoms with Crippen molar-refractivity contribution in [2.24, 2.45) is 0 Å². The monoisotopic (exact) mass is 492 g/mol. The molecule has 3 rings (SSSR count). The van der Waals surface area contributed by atoms with E-state index in [-0.39, 0.29) is 16.3 Å². The second-order valence-corrected chi connectivity index (χ2v) is 9.64. The molecular formula is C23H22Cl2N2O4S. The van der Waals surface area contributed by atoms with Crippen molar-refractivity contribution in [2.75, 3.05) is 12.4 Å². The molecule has 0 aliphatic carbocycles. The number of hydrogen-bond donors (Lipinski definition) is 2. The molecular weight excluding hydrogens is 471 g/mol. The van der Waals surface area contributed by atoms with E-state index in [2.05, 4.69) is 10.0 Å². The molecule has 0 saturated heterocycles. The molecule has 3 aromatic rings. The molecule has 0 aromatic heterocycles. The molecule has 9 heteroatoms. The predicted octanol–water partition coefficient (Wildman–Crippen LogP) is 4.84. The SMILES string of the molecule is COc1ccc(S(=O)(=O)N[C@@H](Cc2ccccc2)C(=O)Nc2ccc(Cl)c(Cl)c2)cc1C. The summed E-state index contributed by atoms with van der Waals surface area (Å²) >= 11 is 12.0. The van der Waals surface area contributed by atoms with Gasteiger partial charge in [0.15, 0.2) is 0 Å². The zero-order valence-electron chi connectivity index (χ0n) is 17.4. The molecule has 3 aromatic carbocycles. The molecule has 0 heterocycles. The molecule has 168 valence electrons. The Kier molecular flexibility index (Phi) is 7.79. The highest BCUT2D eigenvalue weighted by Crippen LogP contribution is 2.25. The number of nitrogens with one attached hydrogen (secondary N) is 2. The zero-order valence-corrected chi connectivity index (χ0v) is 19.8. The van der Waals surface area contributed by atoms with E-state index in [9.17, 15) is 13.2 Å². The van der Waals surface area contributed by atoms with Crippen LogP contribution in [0.1, 0.15) is 11.1 Å². The molecule has 0 aliphatic heterocycles. The molecule has 0 bridgehead atoms. The van der Waals surface area contributed by atoms with Gasteiger partial charge < -0.3 is 10.1 Å². The zero-order chi connectivity index (χ0) is 23.3. The fourth-order valence-electron chi connectivity index (χ4n) is 3.11. The summed E-state index contributed by atoms with van der Waals surface area (Å²) in [5, 5.41) is 3.33. The minimum Gasteiger partial charge on any atom is -0.496 e. The van der Waals surface area contributed by atoms with Crippen molar-refractivity contribution in [3.8, 4) is 5.75 Å². The Bertz CT molecular complexity index is 1220. The third kappa shape index (κ3) is 6.01. The van der Waals surface area contributed by atoms with Crippen molar-refractivity contribution < 1.29 is 17.9 Å². The maximum Gasteiger partial charge on any atom is 0.242 e. The highest BCUT2D eigenvalue weighted by Gasteiger charge is 2.27. The molecule has 1 amide bonds. The summed E-state index contributed by atoms with van der Waals surface area (Å²) in [6.07, 6.45) is 0.155. The number of benzene rings is 3. The summed E-state index contributed by atoms with van der Waals surface area (Å²) < 4.78 is 33.9. The summed E-state index contributed by atoms with van der Waals surface area (Å²) in [5.41, 5.74) is 1.87. The fraction of sp³-hybridized carbons (Fsp3) is 0.174. The first-order valence-electron chi connectivity index (χ1n) is 9.66. The van der Waals surface area contributed by atoms with Gasteiger partial charge in [-0.25, -0.2) is 8.42 Å². The van der Waals surface area contributed by atoms with Crippen LogP contribution in [0.2, 0.25) is 10.0 Å². The van der Waals surface area contributed by atoms with Crippen LogP contribution in [0.5, 0.6) is 5.75 Å². The number of halogens is 2. The molecule has 0 unspecified atom stereocenters. The van der Waals surface area contributed by atoms with Crippen molar-refractivity contribution >= 4 is 44.8 Å². The largest absolute Gasteiger partial charge is 0.496 e. The summed E-state index contributed by atoms with van der Waals surface area (Å²) in [7, 11) is -2.48. The van der Waals surface area contributed by atoms with Gasteiger partial charge in [0.2, 0.25) is 15.9 Å². The van der Waals surface area contributed by atoms with Crippen LogP contribution in [0, 0.1) is 6.92 Å². The Morgan fingerprint density at radius 3 is 2.34 bits per heavy atom. The first-order valence-corrected chi connectivity index (χ1v) is 11.9. The Morgan fingerprint density at radius 1 is 1.00 bits per heavy atom. The van der Waals surface area contributed by atoms with Gasteiger partial charge in [-0.2, -0.15) is 4.72 Å². The van der Waals surface area contributed by atoms with Crippen LogP contribution < -0.4 is 14.8 Å². The van der Waals surface area contributed by atoms with Crippen LogP contribution in [-0.2, 0) is 21.2 Å². The minimum atomic E-state index is -3.99. The van der Waals surface area contributed by atoms with Crippen LogP contribution in [0.3, 0.4) is 0 Å². The van der Waals surface area contributed by atoms with Crippen LogP contribution >= 0.6 is 23.2 Å². The van der Waals surface area contributed by atoms with Crippen molar-refractivity contribution in [1.82, 2.24) is 4.72 Å². The van der Waals surface area contributed by atoms with E-state index < -0.39 is 22.0 Å². The fourth-order valence-corrected chi connectivity index (χ4v) is 4.69. The van der Waals surface area contributed by atoms with Crippen molar-refractivity contribution in [3.05, 3.63) is 87.9 Å². The van der Waals surface area contributed by atoms with E-state index in [0.29, 0.717) is 22.0 Å². The Balaban J connectivity index is 1.88. The summed E-state index contributed by atoms with van der Waals surface area (Å²) in [5.74, 6) is 0.0446. The molecule has 0 fully saturated rings. The second-order valence-electron chi connectivity index (χ2n) is 7.11. The first-order chi connectivity index (χ1) is 15.2. The lowest BCUT2D eigenvalue weighted by atomic mass is 10.1. The van der Waals surface area contributed by atoms with E-state index >= 15 is 0 Å². The lowest BCUT2D eigenvalue weighted by Crippen LogP contribution is -2.45. The van der Waals surface area contributed by atoms with Crippen molar-refractivity contribution in [1.29, 1.82) is 0 Å². The summed E-state index contributed by atoms with van der Waals surface area (Å²) in [4.78, 5) is 13.1. The third-order valence-electron chi connectivity index (χ3n) is 4.76. The van der Waals surface area contributed by atoms with Crippen LogP contribution in [0.4, 0.5) is 5.69 Å². The smallest absolute Gasteiger partial charge is 0.242 e. The van der Waals surface area contributed by atoms with Crippen molar-refractivity contribution in [3.63, 3.8) is 0 Å². The maximum absolute atomic E-state index is 13.1. The number of methoxy groups -OCH3 is 1. The Hall–Kier alpha value is -2.58. The van der Waals surface area contributed by atoms with Crippen molar-refractivity contribution in [2.45, 2.75) is 24.3 Å². The second kappa shape index (κ2) is 10.4. The van der Waals surface area contributed by atoms with Gasteiger partial charge in [0, 0.05) is 5.69 Å². The average molecular weight is 493 g/mol. The van der Waals surface area contributed by atoms with Gasteiger partial charge in [0.25, 0.3) is 0 Å². The normalized spacial score (nSPS) is 12.2. The number of rotatable bonds is 8. The van der Waals surface area contributed by atoms with Gasteiger partial charge in [-0.1, -0.05) is 53.5 Å². The van der Waals surface area contributed by atoms with E-state index in [1.54, 1.807) is 25.1 Å². The molecule has 0 radical (unpaired) electrons. The molecule has 2 N–H and O–H groups in total. The standard InChI is InChI=1S/C23H22Cl2N2O4S/c1-15-12-18(9-11-22(15)31-2)32(29,30)27-21(13-16-6-4-3-5-7-16)23(28)26-17-8-10-19(24)20(25)14-17/h3-12,14,21,27H,13H2,1-2H3,(H,26,28)/t21-/m0/s1. The lowest BCUT2D eigenvalue weighted by molar-refractivity contribution is -0.117. The summed E-state index contributed by atoms with van der Waals surface area (Å²) in [6.45, 7) is 1.75. The molecule has 1 atom stereocenters. The molecule has 32 heavy (non-hydrogen) atoms. The van der Waals surface area contributed by atoms with E-state index in [0.717, 1.165) is 5.56 Å². The van der Waals surface area contributed by atoms with Gasteiger partial charge >= 0.3 is 0 Å². The number of anilines is 1. The number of aryl methyl sites for hydroxylation is 1. The topological polar surface area (TPSA) is 84.5 Å². The predicted molar refractivity (Wildman–Crippen MR) is 127 cm³/mol. The molecule has 0 aliphatic rings. The number of hydrogen-bond acceptors (Lipinski definition) is 4. The van der Waals surface area contributed by atoms with Crippen LogP contribution in [0.15, 0.2) is 71.6 Å². The molecule has 6 nitrogen and oxygen atoms in total. The number of carbonyl (C=O) groups excluding carboxylic acids is 1. The highest BCUT2D eigenvalue weighted by molar-refractivity contribution is 7.89. The number of ether oxygens (including phenoxy) is 1. The van der Waals surface area contributed by atoms with Crippen LogP contribution in [0.25, 0.3) is 0 Å². The third-order valence-corrected chi connectivity index (χ3v) is 6.97. The lowest BCUT2D eigenvalue weighted by Gasteiger charge is -2.19. The Morgan fingerprint density at radius 2 is 1.72 bits per heavy atom. The van der Waals surface area contributed by atoms with E-state index in [1.807, 2.05) is 30.3 Å². The number of carbonyl (C=O) groups is 1. The van der Waals surface area contributed by atoms with Gasteiger partial charge in [-0.15, -0.1) is 0 Å². The quantitative estimate of drug-likeness (QED) is 0.471. The summed E-state index contributed by atoms with van der Waals surface area (Å²) in [6, 6.07) is 17.2. The van der Waals surface area contributed by atoms with Gasteiger partial charge in [-0.3, -0.25) is 4.79 Å². The minimum absolute atomic E-state index is 0.0381. The maximum atomic E-state index is 13.1. The van der Waals surface area contributed by atoms with E-state index in [1.165, 1.54) is 25.3 Å². The average Bonchev–Trinajstić information content (AvgIpc) is 2.76. The van der Waals surface area contributed by atoms with Gasteiger partial charge in [0.05, 0.1) is 22.1 Å². The Labute approximate surface area is 197 Å². The first kappa shape index (κ1) is 24.1. The molecule has 0 spiro atoms. The van der Waals surface area contributed by atoms with Gasteiger partial charge in [0.1, 0.15) is 11.8 Å². The van der Waals surface area contributed by atoms with Crippen LogP contribution in [-0.4, -0.2) is 27.5 Å².